The van der Waals surface area contributed by atoms with Crippen LogP contribution in [0.5, 0.6) is 0 Å². The van der Waals surface area contributed by atoms with E-state index in [0.29, 0.717) is 15.6 Å². The summed E-state index contributed by atoms with van der Waals surface area (Å²) >= 11 is 0.726. The van der Waals surface area contributed by atoms with Crippen LogP contribution in [0.15, 0.2) is 48.5 Å². The Morgan fingerprint density at radius 2 is 1.68 bits per heavy atom. The monoisotopic (exact) mass is 324 g/mol. The van der Waals surface area contributed by atoms with Gasteiger partial charge < -0.3 is 0 Å². The van der Waals surface area contributed by atoms with Gasteiger partial charge in [0.2, 0.25) is 0 Å². The zero-order chi connectivity index (χ0) is 15.9. The van der Waals surface area contributed by atoms with Gasteiger partial charge in [-0.1, -0.05) is 30.3 Å². The third-order valence-electron chi connectivity index (χ3n) is 3.18. The molecule has 0 aliphatic carbocycles. The standard InChI is InChI=1S/C16H8F4OS/c17-10-6-7-12-11(8-10)13(9-4-2-1-3-5-9)14(22-12)15(21)16(18,19)20/h1-8H. The van der Waals surface area contributed by atoms with E-state index in [0.717, 1.165) is 23.5 Å². The van der Waals surface area contributed by atoms with E-state index in [4.69, 9.17) is 0 Å². The molecule has 6 heteroatoms. The zero-order valence-corrected chi connectivity index (χ0v) is 11.8. The molecule has 0 fully saturated rings. The molecule has 0 amide bonds. The Morgan fingerprint density at radius 1 is 1.00 bits per heavy atom. The third-order valence-corrected chi connectivity index (χ3v) is 4.35. The first-order chi connectivity index (χ1) is 10.4. The van der Waals surface area contributed by atoms with Gasteiger partial charge in [0.05, 0.1) is 4.88 Å². The Balaban J connectivity index is 2.35. The number of Topliss-reactive ketones (excluding diaryl/α,β-unsaturated/α-hetero) is 1. The molecule has 22 heavy (non-hydrogen) atoms. The molecular formula is C16H8F4OS. The number of thiophene rings is 1. The molecule has 0 unspecified atom stereocenters. The lowest BCUT2D eigenvalue weighted by molar-refractivity contribution is -0.0882. The van der Waals surface area contributed by atoms with E-state index in [1.54, 1.807) is 30.3 Å². The first-order valence-corrected chi connectivity index (χ1v) is 7.08. The van der Waals surface area contributed by atoms with E-state index in [9.17, 15) is 22.4 Å². The summed E-state index contributed by atoms with van der Waals surface area (Å²) in [6, 6.07) is 11.9. The molecule has 0 radical (unpaired) electrons. The highest BCUT2D eigenvalue weighted by Crippen LogP contribution is 2.41. The van der Waals surface area contributed by atoms with E-state index in [2.05, 4.69) is 0 Å². The van der Waals surface area contributed by atoms with Crippen LogP contribution in [-0.4, -0.2) is 12.0 Å². The molecule has 1 nitrogen and oxygen atoms in total. The van der Waals surface area contributed by atoms with Gasteiger partial charge in [-0.3, -0.25) is 4.79 Å². The second kappa shape index (κ2) is 5.21. The summed E-state index contributed by atoms with van der Waals surface area (Å²) in [5, 5.41) is 0.309. The van der Waals surface area contributed by atoms with Gasteiger partial charge in [-0.05, 0) is 23.8 Å². The first-order valence-electron chi connectivity index (χ1n) is 6.27. The lowest BCUT2D eigenvalue weighted by Crippen LogP contribution is -2.22. The number of carbonyl (C=O) groups is 1. The highest BCUT2D eigenvalue weighted by Gasteiger charge is 2.42. The molecule has 0 bridgehead atoms. The highest BCUT2D eigenvalue weighted by molar-refractivity contribution is 7.21. The van der Waals surface area contributed by atoms with Crippen LogP contribution in [0.3, 0.4) is 0 Å². The smallest absolute Gasteiger partial charge is 0.283 e. The third kappa shape index (κ3) is 2.50. The van der Waals surface area contributed by atoms with Crippen LogP contribution in [-0.2, 0) is 0 Å². The van der Waals surface area contributed by atoms with Gasteiger partial charge in [-0.15, -0.1) is 11.3 Å². The largest absolute Gasteiger partial charge is 0.455 e. The topological polar surface area (TPSA) is 17.1 Å². The van der Waals surface area contributed by atoms with Gasteiger partial charge in [0.1, 0.15) is 5.82 Å². The lowest BCUT2D eigenvalue weighted by Gasteiger charge is -2.07. The van der Waals surface area contributed by atoms with Crippen molar-refractivity contribution in [3.63, 3.8) is 0 Å². The molecule has 1 heterocycles. The summed E-state index contributed by atoms with van der Waals surface area (Å²) < 4.78 is 52.4. The summed E-state index contributed by atoms with van der Waals surface area (Å²) in [5.41, 5.74) is 0.578. The molecule has 0 atom stereocenters. The minimum Gasteiger partial charge on any atom is -0.283 e. The van der Waals surface area contributed by atoms with Crippen molar-refractivity contribution in [2.75, 3.05) is 0 Å². The maximum atomic E-state index is 13.5. The number of hydrogen-bond donors (Lipinski definition) is 0. The lowest BCUT2D eigenvalue weighted by atomic mass is 10.0. The molecule has 2 aromatic carbocycles. The number of alkyl halides is 3. The molecule has 1 aromatic heterocycles. The summed E-state index contributed by atoms with van der Waals surface area (Å²) in [6.07, 6.45) is -4.97. The Labute approximate surface area is 126 Å². The second-order valence-corrected chi connectivity index (χ2v) is 5.69. The summed E-state index contributed by atoms with van der Waals surface area (Å²) in [4.78, 5) is 11.3. The molecule has 3 aromatic rings. The van der Waals surface area contributed by atoms with Gasteiger partial charge in [-0.25, -0.2) is 4.39 Å². The molecule has 0 N–H and O–H groups in total. The maximum Gasteiger partial charge on any atom is 0.455 e. The fraction of sp³-hybridized carbons (Fsp3) is 0.0625. The molecule has 0 saturated heterocycles. The number of hydrogen-bond acceptors (Lipinski definition) is 2. The second-order valence-electron chi connectivity index (χ2n) is 4.64. The number of benzene rings is 2. The van der Waals surface area contributed by atoms with Crippen LogP contribution in [0.4, 0.5) is 17.6 Å². The zero-order valence-electron chi connectivity index (χ0n) is 10.9. The van der Waals surface area contributed by atoms with Gasteiger partial charge in [0.15, 0.2) is 0 Å². The van der Waals surface area contributed by atoms with Crippen LogP contribution >= 0.6 is 11.3 Å². The van der Waals surface area contributed by atoms with Crippen LogP contribution in [0.1, 0.15) is 9.67 Å². The van der Waals surface area contributed by atoms with Gasteiger partial charge in [-0.2, -0.15) is 13.2 Å². The normalized spacial score (nSPS) is 11.8. The number of rotatable bonds is 2. The molecule has 0 saturated carbocycles. The minimum absolute atomic E-state index is 0.127. The van der Waals surface area contributed by atoms with Crippen molar-refractivity contribution in [1.29, 1.82) is 0 Å². The number of halogens is 4. The fourth-order valence-electron chi connectivity index (χ4n) is 2.25. The van der Waals surface area contributed by atoms with E-state index in [-0.39, 0.29) is 5.56 Å². The van der Waals surface area contributed by atoms with E-state index < -0.39 is 22.7 Å². The van der Waals surface area contributed by atoms with Crippen molar-refractivity contribution in [3.8, 4) is 11.1 Å². The maximum absolute atomic E-state index is 13.5. The number of ketones is 1. The van der Waals surface area contributed by atoms with Crippen molar-refractivity contribution in [1.82, 2.24) is 0 Å². The molecule has 112 valence electrons. The predicted octanol–water partition coefficient (Wildman–Crippen LogP) is 5.45. The Hall–Kier alpha value is -2.21. The fourth-order valence-corrected chi connectivity index (χ4v) is 3.42. The molecule has 0 aliphatic rings. The number of carbonyl (C=O) groups excluding carboxylic acids is 1. The van der Waals surface area contributed by atoms with Crippen molar-refractivity contribution in [2.45, 2.75) is 6.18 Å². The Kier molecular flexibility index (Phi) is 3.48. The Bertz CT molecular complexity index is 850. The van der Waals surface area contributed by atoms with E-state index in [1.807, 2.05) is 0 Å². The van der Waals surface area contributed by atoms with Crippen LogP contribution in [0.25, 0.3) is 21.2 Å². The first kappa shape index (κ1) is 14.7. The quantitative estimate of drug-likeness (QED) is 0.452. The summed E-state index contributed by atoms with van der Waals surface area (Å²) in [7, 11) is 0. The summed E-state index contributed by atoms with van der Waals surface area (Å²) in [6.45, 7) is 0. The molecule has 3 rings (SSSR count). The van der Waals surface area contributed by atoms with E-state index >= 15 is 0 Å². The van der Waals surface area contributed by atoms with Crippen molar-refractivity contribution in [2.24, 2.45) is 0 Å². The average Bonchev–Trinajstić information content (AvgIpc) is 2.84. The van der Waals surface area contributed by atoms with Crippen LogP contribution < -0.4 is 0 Å². The van der Waals surface area contributed by atoms with Gasteiger partial charge in [0, 0.05) is 15.6 Å². The van der Waals surface area contributed by atoms with Crippen molar-refractivity contribution >= 4 is 27.2 Å². The van der Waals surface area contributed by atoms with Crippen molar-refractivity contribution < 1.29 is 22.4 Å². The highest BCUT2D eigenvalue weighted by atomic mass is 32.1. The SMILES string of the molecule is O=C(c1sc2ccc(F)cc2c1-c1ccccc1)C(F)(F)F. The molecular weight excluding hydrogens is 316 g/mol. The van der Waals surface area contributed by atoms with Crippen molar-refractivity contribution in [3.05, 3.63) is 59.2 Å². The van der Waals surface area contributed by atoms with Crippen LogP contribution in [0, 0.1) is 5.82 Å². The van der Waals surface area contributed by atoms with Crippen LogP contribution in [0.2, 0.25) is 0 Å². The van der Waals surface area contributed by atoms with E-state index in [1.165, 1.54) is 6.07 Å². The Morgan fingerprint density at radius 3 is 2.32 bits per heavy atom. The predicted molar refractivity (Wildman–Crippen MR) is 77.6 cm³/mol. The van der Waals surface area contributed by atoms with Gasteiger partial charge in [0.25, 0.3) is 5.78 Å². The minimum atomic E-state index is -4.97. The molecule has 0 aliphatic heterocycles. The molecule has 0 spiro atoms. The summed E-state index contributed by atoms with van der Waals surface area (Å²) in [5.74, 6) is -2.47. The number of fused-ring (bicyclic) bond motifs is 1. The average molecular weight is 324 g/mol. The van der Waals surface area contributed by atoms with Gasteiger partial charge >= 0.3 is 6.18 Å².